The molecule has 1 aliphatic heterocycles. The number of hydrogen-bond acceptors (Lipinski definition) is 4. The Hall–Kier alpha value is -1.96. The first-order valence-corrected chi connectivity index (χ1v) is 3.40. The van der Waals surface area contributed by atoms with Crippen molar-refractivity contribution in [3.05, 3.63) is 23.9 Å². The number of nitrogens with zero attached hydrogens (tertiary/aromatic N) is 4. The van der Waals surface area contributed by atoms with E-state index in [0.29, 0.717) is 11.4 Å². The SMILES string of the molecule is N#CC1=CN=CC1c1ncn[nH]1. The van der Waals surface area contributed by atoms with Gasteiger partial charge in [0.25, 0.3) is 0 Å². The van der Waals surface area contributed by atoms with E-state index in [1.54, 1.807) is 6.21 Å². The highest BCUT2D eigenvalue weighted by molar-refractivity contribution is 5.76. The molecule has 0 saturated heterocycles. The highest BCUT2D eigenvalue weighted by atomic mass is 15.2. The van der Waals surface area contributed by atoms with E-state index in [9.17, 15) is 0 Å². The van der Waals surface area contributed by atoms with Crippen LogP contribution in [0.5, 0.6) is 0 Å². The number of nitrogens with one attached hydrogen (secondary N) is 1. The van der Waals surface area contributed by atoms with Crippen LogP contribution >= 0.6 is 0 Å². The van der Waals surface area contributed by atoms with Crippen LogP contribution in [0.3, 0.4) is 0 Å². The summed E-state index contributed by atoms with van der Waals surface area (Å²) < 4.78 is 0. The van der Waals surface area contributed by atoms with Gasteiger partial charge in [-0.2, -0.15) is 10.4 Å². The summed E-state index contributed by atoms with van der Waals surface area (Å²) in [5.41, 5.74) is 0.590. The lowest BCUT2D eigenvalue weighted by atomic mass is 10.0. The van der Waals surface area contributed by atoms with Gasteiger partial charge in [0.2, 0.25) is 0 Å². The van der Waals surface area contributed by atoms with Crippen LogP contribution in [0.1, 0.15) is 11.7 Å². The molecule has 0 spiro atoms. The molecular formula is C7H5N5. The number of nitriles is 1. The molecule has 1 aromatic heterocycles. The van der Waals surface area contributed by atoms with Crippen LogP contribution < -0.4 is 0 Å². The fourth-order valence-electron chi connectivity index (χ4n) is 1.05. The minimum absolute atomic E-state index is 0.141. The smallest absolute Gasteiger partial charge is 0.137 e. The second kappa shape index (κ2) is 2.58. The number of aromatic nitrogens is 3. The minimum Gasteiger partial charge on any atom is -0.267 e. The molecule has 2 heterocycles. The lowest BCUT2D eigenvalue weighted by molar-refractivity contribution is 0.942. The van der Waals surface area contributed by atoms with Crippen LogP contribution in [0.2, 0.25) is 0 Å². The first-order chi connectivity index (χ1) is 5.92. The molecule has 1 N–H and O–H groups in total. The number of rotatable bonds is 1. The Morgan fingerprint density at radius 3 is 3.17 bits per heavy atom. The largest absolute Gasteiger partial charge is 0.267 e. The highest BCUT2D eigenvalue weighted by Crippen LogP contribution is 2.22. The highest BCUT2D eigenvalue weighted by Gasteiger charge is 2.20. The third kappa shape index (κ3) is 0.900. The van der Waals surface area contributed by atoms with Crippen LogP contribution in [0.4, 0.5) is 0 Å². The molecule has 12 heavy (non-hydrogen) atoms. The molecule has 5 nitrogen and oxygen atoms in total. The van der Waals surface area contributed by atoms with Gasteiger partial charge in [-0.05, 0) is 0 Å². The van der Waals surface area contributed by atoms with E-state index in [4.69, 9.17) is 5.26 Å². The molecule has 5 heteroatoms. The Morgan fingerprint density at radius 1 is 1.58 bits per heavy atom. The van der Waals surface area contributed by atoms with Crippen molar-refractivity contribution in [1.29, 1.82) is 5.26 Å². The summed E-state index contributed by atoms with van der Waals surface area (Å²) >= 11 is 0. The van der Waals surface area contributed by atoms with E-state index in [1.807, 2.05) is 0 Å². The van der Waals surface area contributed by atoms with Gasteiger partial charge in [0, 0.05) is 12.4 Å². The average molecular weight is 159 g/mol. The predicted molar refractivity (Wildman–Crippen MR) is 41.3 cm³/mol. The number of aromatic amines is 1. The van der Waals surface area contributed by atoms with E-state index in [2.05, 4.69) is 26.2 Å². The van der Waals surface area contributed by atoms with Crippen molar-refractivity contribution < 1.29 is 0 Å². The maximum Gasteiger partial charge on any atom is 0.137 e. The van der Waals surface area contributed by atoms with Crippen molar-refractivity contribution in [3.8, 4) is 6.07 Å². The van der Waals surface area contributed by atoms with Gasteiger partial charge in [0.15, 0.2) is 0 Å². The Labute approximate surface area is 68.5 Å². The van der Waals surface area contributed by atoms with Crippen molar-refractivity contribution in [2.24, 2.45) is 4.99 Å². The zero-order chi connectivity index (χ0) is 8.39. The zero-order valence-corrected chi connectivity index (χ0v) is 6.10. The molecule has 1 aliphatic rings. The molecule has 0 amide bonds. The zero-order valence-electron chi connectivity index (χ0n) is 6.10. The van der Waals surface area contributed by atoms with Crippen LogP contribution in [0.15, 0.2) is 23.1 Å². The standard InChI is InChI=1S/C7H5N5/c8-1-5-2-9-3-6(5)7-10-4-11-12-7/h2-4,6H,(H,10,11,12). The van der Waals surface area contributed by atoms with E-state index in [0.717, 1.165) is 0 Å². The molecular weight excluding hydrogens is 154 g/mol. The fourth-order valence-corrected chi connectivity index (χ4v) is 1.05. The monoisotopic (exact) mass is 159 g/mol. The number of aliphatic imine (C=N–C) groups is 1. The number of H-pyrrole nitrogens is 1. The van der Waals surface area contributed by atoms with Crippen molar-refractivity contribution in [3.63, 3.8) is 0 Å². The number of allylic oxidation sites excluding steroid dienone is 1. The third-order valence-electron chi connectivity index (χ3n) is 1.64. The molecule has 0 aliphatic carbocycles. The molecule has 1 aromatic rings. The quantitative estimate of drug-likeness (QED) is 0.643. The first kappa shape index (κ1) is 6.73. The Bertz CT molecular complexity index is 367. The lowest BCUT2D eigenvalue weighted by Crippen LogP contribution is -2.01. The first-order valence-electron chi connectivity index (χ1n) is 3.40. The van der Waals surface area contributed by atoms with Crippen LogP contribution in [0.25, 0.3) is 0 Å². The average Bonchev–Trinajstić information content (AvgIpc) is 2.74. The third-order valence-corrected chi connectivity index (χ3v) is 1.64. The van der Waals surface area contributed by atoms with Crippen LogP contribution in [0, 0.1) is 11.3 Å². The van der Waals surface area contributed by atoms with Gasteiger partial charge < -0.3 is 0 Å². The molecule has 2 rings (SSSR count). The van der Waals surface area contributed by atoms with Crippen molar-refractivity contribution in [2.75, 3.05) is 0 Å². The van der Waals surface area contributed by atoms with E-state index in [-0.39, 0.29) is 5.92 Å². The summed E-state index contributed by atoms with van der Waals surface area (Å²) in [6.07, 6.45) is 4.61. The number of hydrogen-bond donors (Lipinski definition) is 1. The maximum absolute atomic E-state index is 8.67. The predicted octanol–water partition coefficient (Wildman–Crippen LogP) is 0.380. The van der Waals surface area contributed by atoms with Gasteiger partial charge in [-0.3, -0.25) is 10.1 Å². The van der Waals surface area contributed by atoms with Gasteiger partial charge in [-0.25, -0.2) is 4.98 Å². The Balaban J connectivity index is 2.34. The van der Waals surface area contributed by atoms with Crippen molar-refractivity contribution in [2.45, 2.75) is 5.92 Å². The molecule has 1 unspecified atom stereocenters. The summed E-state index contributed by atoms with van der Waals surface area (Å²) in [6, 6.07) is 2.05. The van der Waals surface area contributed by atoms with Gasteiger partial charge in [-0.15, -0.1) is 0 Å². The molecule has 58 valence electrons. The van der Waals surface area contributed by atoms with E-state index < -0.39 is 0 Å². The van der Waals surface area contributed by atoms with E-state index in [1.165, 1.54) is 12.5 Å². The molecule has 0 saturated carbocycles. The summed E-state index contributed by atoms with van der Waals surface area (Å²) in [5.74, 6) is 0.515. The van der Waals surface area contributed by atoms with Gasteiger partial charge in [-0.1, -0.05) is 0 Å². The summed E-state index contributed by atoms with van der Waals surface area (Å²) in [7, 11) is 0. The Kier molecular flexibility index (Phi) is 1.45. The van der Waals surface area contributed by atoms with E-state index >= 15 is 0 Å². The summed E-state index contributed by atoms with van der Waals surface area (Å²) in [6.45, 7) is 0. The van der Waals surface area contributed by atoms with Gasteiger partial charge in [0.1, 0.15) is 12.2 Å². The van der Waals surface area contributed by atoms with Gasteiger partial charge >= 0.3 is 0 Å². The summed E-state index contributed by atoms with van der Waals surface area (Å²) in [5, 5.41) is 15.1. The molecule has 0 radical (unpaired) electrons. The second-order valence-electron chi connectivity index (χ2n) is 2.34. The molecule has 0 aromatic carbocycles. The maximum atomic E-state index is 8.67. The van der Waals surface area contributed by atoms with Crippen molar-refractivity contribution in [1.82, 2.24) is 15.2 Å². The molecule has 1 atom stereocenters. The van der Waals surface area contributed by atoms with Crippen LogP contribution in [-0.2, 0) is 0 Å². The topological polar surface area (TPSA) is 77.7 Å². The van der Waals surface area contributed by atoms with Crippen LogP contribution in [-0.4, -0.2) is 21.4 Å². The fraction of sp³-hybridized carbons (Fsp3) is 0.143. The molecule has 0 fully saturated rings. The van der Waals surface area contributed by atoms with Crippen molar-refractivity contribution >= 4 is 6.21 Å². The normalized spacial score (nSPS) is 20.6. The molecule has 0 bridgehead atoms. The summed E-state index contributed by atoms with van der Waals surface area (Å²) in [4.78, 5) is 7.82. The van der Waals surface area contributed by atoms with Gasteiger partial charge in [0.05, 0.1) is 17.6 Å². The lowest BCUT2D eigenvalue weighted by Gasteiger charge is -1.99. The Morgan fingerprint density at radius 2 is 2.50 bits per heavy atom. The second-order valence-corrected chi connectivity index (χ2v) is 2.34. The minimum atomic E-state index is -0.141.